The Balaban J connectivity index is 1.47. The summed E-state index contributed by atoms with van der Waals surface area (Å²) in [6.07, 6.45) is 4.31. The Morgan fingerprint density at radius 2 is 1.96 bits per heavy atom. The summed E-state index contributed by atoms with van der Waals surface area (Å²) in [6.45, 7) is 5.93. The minimum atomic E-state index is 0.597. The van der Waals surface area contributed by atoms with Crippen LogP contribution in [-0.4, -0.2) is 63.7 Å². The molecule has 0 amide bonds. The predicted octanol–water partition coefficient (Wildman–Crippen LogP) is 0.316. The van der Waals surface area contributed by atoms with Crippen molar-refractivity contribution in [1.29, 1.82) is 0 Å². The van der Waals surface area contributed by atoms with E-state index in [1.807, 2.05) is 13.0 Å². The van der Waals surface area contributed by atoms with Crippen molar-refractivity contribution in [2.45, 2.75) is 13.3 Å². The Labute approximate surface area is 139 Å². The molecule has 1 saturated heterocycles. The smallest absolute Gasteiger partial charge is 0.225 e. The van der Waals surface area contributed by atoms with Crippen LogP contribution in [0.3, 0.4) is 0 Å². The maximum absolute atomic E-state index is 6.10. The number of hydrogen-bond acceptors (Lipinski definition) is 7. The second-order valence-electron chi connectivity index (χ2n) is 5.23. The van der Waals surface area contributed by atoms with E-state index in [9.17, 15) is 0 Å². The molecule has 0 bridgehead atoms. The highest BCUT2D eigenvalue weighted by Gasteiger charge is 2.19. The summed E-state index contributed by atoms with van der Waals surface area (Å²) in [4.78, 5) is 17.3. The average Bonchev–Trinajstić information content (AvgIpc) is 3.01. The van der Waals surface area contributed by atoms with Crippen molar-refractivity contribution >= 4 is 23.2 Å². The second kappa shape index (κ2) is 7.32. The highest BCUT2D eigenvalue weighted by atomic mass is 32.1. The van der Waals surface area contributed by atoms with Crippen LogP contribution in [0.1, 0.15) is 10.0 Å². The molecule has 3 heterocycles. The molecule has 1 aliphatic heterocycles. The molecule has 0 radical (unpaired) electrons. The second-order valence-corrected chi connectivity index (χ2v) is 6.49. The summed E-state index contributed by atoms with van der Waals surface area (Å²) >= 11 is 1.61. The quantitative estimate of drug-likeness (QED) is 0.636. The first-order chi connectivity index (χ1) is 11.2. The maximum Gasteiger partial charge on any atom is 0.225 e. The first-order valence-corrected chi connectivity index (χ1v) is 8.40. The molecule has 23 heavy (non-hydrogen) atoms. The van der Waals surface area contributed by atoms with Crippen molar-refractivity contribution < 1.29 is 0 Å². The normalized spacial score (nSPS) is 16.0. The van der Waals surface area contributed by atoms with Crippen LogP contribution in [0.2, 0.25) is 0 Å². The zero-order valence-corrected chi connectivity index (χ0v) is 13.9. The number of aliphatic imine (C=N–C) groups is 1. The van der Waals surface area contributed by atoms with E-state index >= 15 is 0 Å². The largest absolute Gasteiger partial charge is 0.370 e. The summed E-state index contributed by atoms with van der Waals surface area (Å²) in [5.41, 5.74) is 6.10. The van der Waals surface area contributed by atoms with Crippen molar-refractivity contribution in [1.82, 2.24) is 25.1 Å². The monoisotopic (exact) mass is 332 g/mol. The number of nitrogens with two attached hydrogens (primary N) is 1. The van der Waals surface area contributed by atoms with E-state index in [1.54, 1.807) is 23.7 Å². The van der Waals surface area contributed by atoms with Crippen molar-refractivity contribution in [2.75, 3.05) is 37.6 Å². The van der Waals surface area contributed by atoms with E-state index in [0.717, 1.165) is 48.6 Å². The lowest BCUT2D eigenvalue weighted by Crippen LogP contribution is -2.51. The number of hydrogen-bond donors (Lipinski definition) is 1. The summed E-state index contributed by atoms with van der Waals surface area (Å²) in [5.74, 6) is 1.37. The molecule has 0 spiro atoms. The Morgan fingerprint density at radius 3 is 2.61 bits per heavy atom. The van der Waals surface area contributed by atoms with E-state index < -0.39 is 0 Å². The van der Waals surface area contributed by atoms with Gasteiger partial charge in [-0.3, -0.25) is 4.99 Å². The highest BCUT2D eigenvalue weighted by molar-refractivity contribution is 7.11. The van der Waals surface area contributed by atoms with Crippen molar-refractivity contribution in [3.8, 4) is 0 Å². The van der Waals surface area contributed by atoms with Crippen molar-refractivity contribution in [2.24, 2.45) is 10.7 Å². The van der Waals surface area contributed by atoms with Crippen LogP contribution in [0.5, 0.6) is 0 Å². The Hall–Kier alpha value is -2.29. The highest BCUT2D eigenvalue weighted by Crippen LogP contribution is 2.10. The van der Waals surface area contributed by atoms with E-state index in [-0.39, 0.29) is 0 Å². The van der Waals surface area contributed by atoms with E-state index in [4.69, 9.17) is 5.73 Å². The third-order valence-electron chi connectivity index (χ3n) is 3.61. The molecule has 122 valence electrons. The molecule has 8 nitrogen and oxygen atoms in total. The summed E-state index contributed by atoms with van der Waals surface area (Å²) in [5, 5.41) is 10.1. The maximum atomic E-state index is 6.10. The Bertz CT molecular complexity index is 648. The minimum absolute atomic E-state index is 0.597. The van der Waals surface area contributed by atoms with Crippen LogP contribution in [0.25, 0.3) is 0 Å². The third-order valence-corrected chi connectivity index (χ3v) is 4.50. The topological polar surface area (TPSA) is 96.4 Å². The van der Waals surface area contributed by atoms with Gasteiger partial charge in [-0.1, -0.05) is 0 Å². The van der Waals surface area contributed by atoms with Crippen LogP contribution < -0.4 is 10.6 Å². The number of aromatic nitrogens is 4. The van der Waals surface area contributed by atoms with Gasteiger partial charge in [0.05, 0.1) is 0 Å². The number of aryl methyl sites for hydroxylation is 1. The molecule has 0 aliphatic carbocycles. The van der Waals surface area contributed by atoms with Crippen LogP contribution in [0.15, 0.2) is 23.5 Å². The number of nitrogens with zero attached hydrogens (tertiary/aromatic N) is 7. The number of piperazine rings is 1. The molecule has 1 fully saturated rings. The Kier molecular flexibility index (Phi) is 4.96. The average molecular weight is 332 g/mol. The molecular formula is C14H20N8S. The number of anilines is 1. The van der Waals surface area contributed by atoms with Gasteiger partial charge in [0.1, 0.15) is 10.0 Å². The lowest BCUT2D eigenvalue weighted by Gasteiger charge is -2.35. The molecular weight excluding hydrogens is 312 g/mol. The molecule has 3 rings (SSSR count). The van der Waals surface area contributed by atoms with E-state index in [2.05, 4.69) is 35.0 Å². The predicted molar refractivity (Wildman–Crippen MR) is 90.7 cm³/mol. The third kappa shape index (κ3) is 4.13. The lowest BCUT2D eigenvalue weighted by atomic mass is 10.3. The van der Waals surface area contributed by atoms with Gasteiger partial charge in [0.15, 0.2) is 5.96 Å². The molecule has 2 aromatic rings. The van der Waals surface area contributed by atoms with Crippen LogP contribution in [0.4, 0.5) is 5.95 Å². The zero-order valence-electron chi connectivity index (χ0n) is 13.1. The van der Waals surface area contributed by atoms with Crippen LogP contribution in [0, 0.1) is 6.92 Å². The van der Waals surface area contributed by atoms with Gasteiger partial charge in [-0.05, 0) is 13.0 Å². The van der Waals surface area contributed by atoms with Gasteiger partial charge < -0.3 is 15.5 Å². The minimum Gasteiger partial charge on any atom is -0.370 e. The SMILES string of the molecule is Cc1nnc(CCN=C(N)N2CCN(c3ncccn3)CC2)s1. The lowest BCUT2D eigenvalue weighted by molar-refractivity contribution is 0.378. The summed E-state index contributed by atoms with van der Waals surface area (Å²) in [6, 6.07) is 1.82. The van der Waals surface area contributed by atoms with Crippen LogP contribution in [-0.2, 0) is 6.42 Å². The fourth-order valence-electron chi connectivity index (χ4n) is 2.39. The van der Waals surface area contributed by atoms with Crippen LogP contribution >= 0.6 is 11.3 Å². The van der Waals surface area contributed by atoms with E-state index in [0.29, 0.717) is 12.5 Å². The van der Waals surface area contributed by atoms with Gasteiger partial charge in [-0.2, -0.15) is 0 Å². The molecule has 2 aromatic heterocycles. The van der Waals surface area contributed by atoms with E-state index in [1.165, 1.54) is 0 Å². The summed E-state index contributed by atoms with van der Waals surface area (Å²) in [7, 11) is 0. The molecule has 0 unspecified atom stereocenters. The molecule has 9 heteroatoms. The van der Waals surface area contributed by atoms with Crippen molar-refractivity contribution in [3.05, 3.63) is 28.5 Å². The molecule has 0 atom stereocenters. The fraction of sp³-hybridized carbons (Fsp3) is 0.500. The fourth-order valence-corrected chi connectivity index (χ4v) is 3.09. The van der Waals surface area contributed by atoms with Gasteiger partial charge in [-0.15, -0.1) is 21.5 Å². The van der Waals surface area contributed by atoms with Gasteiger partial charge >= 0.3 is 0 Å². The zero-order chi connectivity index (χ0) is 16.1. The first-order valence-electron chi connectivity index (χ1n) is 7.58. The Morgan fingerprint density at radius 1 is 1.22 bits per heavy atom. The molecule has 1 aliphatic rings. The molecule has 0 saturated carbocycles. The van der Waals surface area contributed by atoms with Crippen molar-refractivity contribution in [3.63, 3.8) is 0 Å². The van der Waals surface area contributed by atoms with Gasteiger partial charge in [0, 0.05) is 51.5 Å². The molecule has 0 aromatic carbocycles. The first kappa shape index (κ1) is 15.6. The standard InChI is InChI=1S/C14H20N8S/c1-11-19-20-12(23-11)3-6-16-13(15)21-7-9-22(10-8-21)14-17-4-2-5-18-14/h2,4-5H,3,6-10H2,1H3,(H2,15,16). The number of guanidine groups is 1. The molecule has 2 N–H and O–H groups in total. The summed E-state index contributed by atoms with van der Waals surface area (Å²) < 4.78 is 0. The van der Waals surface area contributed by atoms with Gasteiger partial charge in [0.2, 0.25) is 5.95 Å². The number of rotatable bonds is 4. The van der Waals surface area contributed by atoms with Gasteiger partial charge in [-0.25, -0.2) is 9.97 Å². The van der Waals surface area contributed by atoms with Gasteiger partial charge in [0.25, 0.3) is 0 Å².